The molecule has 2 bridgehead atoms. The van der Waals surface area contributed by atoms with E-state index < -0.39 is 0 Å². The predicted octanol–water partition coefficient (Wildman–Crippen LogP) is 3.94. The second kappa shape index (κ2) is 7.95. The van der Waals surface area contributed by atoms with E-state index in [1.807, 2.05) is 19.2 Å². The molecule has 2 heterocycles. The molecule has 1 amide bonds. The number of H-pyrrole nitrogens is 1. The van der Waals surface area contributed by atoms with Crippen LogP contribution in [-0.2, 0) is 11.8 Å². The number of fused-ring (bicyclic) bond motifs is 1. The molecule has 2 aromatic rings. The fourth-order valence-corrected chi connectivity index (χ4v) is 8.26. The van der Waals surface area contributed by atoms with Crippen LogP contribution in [0.25, 0.3) is 0 Å². The number of nitrogens with one attached hydrogen (secondary N) is 1. The number of aromatic amines is 1. The number of phenolic OH excluding ortho intramolecular Hbond substituents is 1. The highest BCUT2D eigenvalue weighted by atomic mass is 16.3. The number of aromatic nitrogens is 1. The zero-order chi connectivity index (χ0) is 24.5. The summed E-state index contributed by atoms with van der Waals surface area (Å²) in [5.74, 6) is 1.23. The number of hydrogen-bond donors (Lipinski definition) is 2. The van der Waals surface area contributed by atoms with E-state index >= 15 is 0 Å². The van der Waals surface area contributed by atoms with Gasteiger partial charge >= 0.3 is 0 Å². The number of pyridine rings is 1. The molecule has 5 atom stereocenters. The summed E-state index contributed by atoms with van der Waals surface area (Å²) in [4.78, 5) is 33.0. The molecule has 1 aliphatic heterocycles. The van der Waals surface area contributed by atoms with Crippen molar-refractivity contribution in [1.29, 1.82) is 0 Å². The molecule has 186 valence electrons. The minimum Gasteiger partial charge on any atom is -0.508 e. The van der Waals surface area contributed by atoms with E-state index in [9.17, 15) is 14.7 Å². The van der Waals surface area contributed by atoms with E-state index in [4.69, 9.17) is 0 Å². The van der Waals surface area contributed by atoms with Crippen molar-refractivity contribution < 1.29 is 9.90 Å². The summed E-state index contributed by atoms with van der Waals surface area (Å²) in [6.07, 6.45) is 8.54. The number of hydrogen-bond acceptors (Lipinski definition) is 4. The molecule has 6 rings (SSSR count). The summed E-state index contributed by atoms with van der Waals surface area (Å²) in [6, 6.07) is 9.77. The Morgan fingerprint density at radius 1 is 1.26 bits per heavy atom. The van der Waals surface area contributed by atoms with Gasteiger partial charge in [-0.25, -0.2) is 0 Å². The first-order valence-electron chi connectivity index (χ1n) is 13.3. The van der Waals surface area contributed by atoms with Crippen LogP contribution in [0.5, 0.6) is 5.75 Å². The van der Waals surface area contributed by atoms with E-state index in [-0.39, 0.29) is 39.8 Å². The minimum atomic E-state index is -0.340. The fourth-order valence-electron chi connectivity index (χ4n) is 8.26. The molecular weight excluding hydrogens is 438 g/mol. The van der Waals surface area contributed by atoms with Gasteiger partial charge in [0.05, 0.1) is 0 Å². The van der Waals surface area contributed by atoms with Gasteiger partial charge in [-0.05, 0) is 105 Å². The topological polar surface area (TPSA) is 76.6 Å². The third-order valence-corrected chi connectivity index (χ3v) is 10.3. The first kappa shape index (κ1) is 22.8. The molecule has 1 saturated heterocycles. The molecule has 3 aliphatic carbocycles. The molecule has 2 N–H and O–H groups in total. The highest BCUT2D eigenvalue weighted by Crippen LogP contribution is 2.68. The number of piperidine rings is 1. The number of carbonyl (C=O) groups excluding carboxylic acids is 1. The molecule has 5 unspecified atom stereocenters. The lowest BCUT2D eigenvalue weighted by Crippen LogP contribution is -2.67. The van der Waals surface area contributed by atoms with Gasteiger partial charge in [0.25, 0.3) is 11.5 Å². The summed E-state index contributed by atoms with van der Waals surface area (Å²) >= 11 is 0. The van der Waals surface area contributed by atoms with Gasteiger partial charge < -0.3 is 15.0 Å². The van der Waals surface area contributed by atoms with E-state index in [0.717, 1.165) is 38.1 Å². The molecule has 4 aliphatic rings. The van der Waals surface area contributed by atoms with Crippen LogP contribution >= 0.6 is 0 Å². The molecule has 6 heteroatoms. The molecule has 1 aromatic heterocycles. The van der Waals surface area contributed by atoms with Crippen LogP contribution in [0.15, 0.2) is 41.3 Å². The van der Waals surface area contributed by atoms with Crippen molar-refractivity contribution in [2.45, 2.75) is 69.9 Å². The highest BCUT2D eigenvalue weighted by Gasteiger charge is 2.67. The SMILES string of the molecule is CC(C1CCC2(C)C3Cc4ccc(O)cc4C12CCN3CC1CC1)N(C)C(=O)c1ccc[nH]c1=O. The Bertz CT molecular complexity index is 1220. The number of carbonyl (C=O) groups is 1. The summed E-state index contributed by atoms with van der Waals surface area (Å²) in [5, 5.41) is 10.6. The lowest BCUT2D eigenvalue weighted by molar-refractivity contribution is -0.0627. The van der Waals surface area contributed by atoms with Crippen LogP contribution in [0, 0.1) is 17.3 Å². The Morgan fingerprint density at radius 3 is 2.80 bits per heavy atom. The van der Waals surface area contributed by atoms with Gasteiger partial charge in [-0.2, -0.15) is 0 Å². The molecular formula is C29H37N3O3. The monoisotopic (exact) mass is 475 g/mol. The van der Waals surface area contributed by atoms with Crippen LogP contribution in [0.4, 0.5) is 0 Å². The minimum absolute atomic E-state index is 0.0344. The van der Waals surface area contributed by atoms with Crippen molar-refractivity contribution in [2.24, 2.45) is 17.3 Å². The standard InChI is InChI=1S/C29H37N3O3/c1-18(31(3)27(35)22-5-4-13-30-26(22)34)23-10-11-28(2)25-15-20-8-9-21(33)16-24(20)29(23,28)12-14-32(25)17-19-6-7-19/h4-5,8-9,13,16,18-19,23,25,33H,6-7,10-12,14-15,17H2,1-3H3,(H,30,34). The molecule has 0 radical (unpaired) electrons. The van der Waals surface area contributed by atoms with Gasteiger partial charge in [-0.3, -0.25) is 14.5 Å². The fraction of sp³-hybridized carbons (Fsp3) is 0.586. The van der Waals surface area contributed by atoms with Crippen LogP contribution in [0.2, 0.25) is 0 Å². The number of benzene rings is 1. The van der Waals surface area contributed by atoms with E-state index in [2.05, 4.69) is 29.8 Å². The van der Waals surface area contributed by atoms with Crippen LogP contribution in [0.3, 0.4) is 0 Å². The third kappa shape index (κ3) is 3.25. The zero-order valence-electron chi connectivity index (χ0n) is 21.1. The maximum absolute atomic E-state index is 13.4. The van der Waals surface area contributed by atoms with Crippen LogP contribution in [0.1, 0.15) is 67.4 Å². The molecule has 2 saturated carbocycles. The first-order chi connectivity index (χ1) is 16.8. The lowest BCUT2D eigenvalue weighted by atomic mass is 9.48. The van der Waals surface area contributed by atoms with Crippen molar-refractivity contribution in [2.75, 3.05) is 20.1 Å². The summed E-state index contributed by atoms with van der Waals surface area (Å²) in [7, 11) is 1.84. The van der Waals surface area contributed by atoms with Gasteiger partial charge in [-0.15, -0.1) is 0 Å². The third-order valence-electron chi connectivity index (χ3n) is 10.3. The van der Waals surface area contributed by atoms with Gasteiger partial charge in [0.1, 0.15) is 11.3 Å². The average Bonchev–Trinajstić information content (AvgIpc) is 3.60. The predicted molar refractivity (Wildman–Crippen MR) is 136 cm³/mol. The Labute approximate surface area is 207 Å². The molecule has 35 heavy (non-hydrogen) atoms. The quantitative estimate of drug-likeness (QED) is 0.687. The Kier molecular flexibility index (Phi) is 5.19. The number of aromatic hydroxyl groups is 1. The van der Waals surface area contributed by atoms with Crippen molar-refractivity contribution in [3.8, 4) is 5.75 Å². The van der Waals surface area contributed by atoms with Crippen molar-refractivity contribution in [3.63, 3.8) is 0 Å². The highest BCUT2D eigenvalue weighted by molar-refractivity contribution is 5.93. The Balaban J connectivity index is 1.41. The molecule has 3 fully saturated rings. The van der Waals surface area contributed by atoms with Gasteiger partial charge in [-0.1, -0.05) is 13.0 Å². The van der Waals surface area contributed by atoms with Crippen LogP contribution < -0.4 is 5.56 Å². The Hall–Kier alpha value is -2.60. The smallest absolute Gasteiger partial charge is 0.260 e. The number of likely N-dealkylation sites (tertiary alicyclic amines) is 1. The van der Waals surface area contributed by atoms with Gasteiger partial charge in [0, 0.05) is 37.3 Å². The average molecular weight is 476 g/mol. The van der Waals surface area contributed by atoms with E-state index in [1.54, 1.807) is 23.2 Å². The number of nitrogens with zero attached hydrogens (tertiary/aromatic N) is 2. The summed E-state index contributed by atoms with van der Waals surface area (Å²) < 4.78 is 0. The number of phenols is 1. The molecule has 1 aromatic carbocycles. The van der Waals surface area contributed by atoms with Crippen molar-refractivity contribution >= 4 is 5.91 Å². The van der Waals surface area contributed by atoms with E-state index in [0.29, 0.717) is 11.8 Å². The second-order valence-corrected chi connectivity index (χ2v) is 11.9. The molecule has 0 spiro atoms. The Morgan fingerprint density at radius 2 is 2.06 bits per heavy atom. The van der Waals surface area contributed by atoms with Gasteiger partial charge in [0.15, 0.2) is 0 Å². The lowest BCUT2D eigenvalue weighted by Gasteiger charge is -2.63. The maximum atomic E-state index is 13.4. The summed E-state index contributed by atoms with van der Waals surface area (Å²) in [5.41, 5.74) is 2.51. The second-order valence-electron chi connectivity index (χ2n) is 11.9. The number of amides is 1. The first-order valence-corrected chi connectivity index (χ1v) is 13.3. The van der Waals surface area contributed by atoms with Crippen LogP contribution in [-0.4, -0.2) is 58.0 Å². The van der Waals surface area contributed by atoms with Gasteiger partial charge in [0.2, 0.25) is 0 Å². The largest absolute Gasteiger partial charge is 0.508 e. The van der Waals surface area contributed by atoms with E-state index in [1.165, 1.54) is 30.5 Å². The van der Waals surface area contributed by atoms with Crippen molar-refractivity contribution in [1.82, 2.24) is 14.8 Å². The normalized spacial score (nSPS) is 32.5. The summed E-state index contributed by atoms with van der Waals surface area (Å²) in [6.45, 7) is 6.92. The zero-order valence-corrected chi connectivity index (χ0v) is 21.1. The number of rotatable bonds is 5. The maximum Gasteiger partial charge on any atom is 0.260 e. The molecule has 6 nitrogen and oxygen atoms in total. The van der Waals surface area contributed by atoms with Crippen molar-refractivity contribution in [3.05, 3.63) is 63.6 Å².